The van der Waals surface area contributed by atoms with Crippen LogP contribution in [-0.2, 0) is 20.5 Å². The molecule has 0 unspecified atom stereocenters. The molecule has 1 fully saturated rings. The minimum absolute atomic E-state index is 0.0123. The van der Waals surface area contributed by atoms with Crippen molar-refractivity contribution in [2.24, 2.45) is 0 Å². The third-order valence-electron chi connectivity index (χ3n) is 4.05. The Balaban J connectivity index is 1.59. The SMILES string of the molecule is O=C(C[C@@H]1Sc2ccc(C(F)(F)F)cc2NC1=O)NC[C@H]1CCCO1. The lowest BCUT2D eigenvalue weighted by atomic mass is 10.1. The summed E-state index contributed by atoms with van der Waals surface area (Å²) in [5.41, 5.74) is -0.694. The van der Waals surface area contributed by atoms with Crippen molar-refractivity contribution in [3.05, 3.63) is 23.8 Å². The van der Waals surface area contributed by atoms with Crippen LogP contribution in [0.25, 0.3) is 0 Å². The smallest absolute Gasteiger partial charge is 0.376 e. The number of hydrogen-bond acceptors (Lipinski definition) is 4. The van der Waals surface area contributed by atoms with Crippen molar-refractivity contribution >= 4 is 29.3 Å². The van der Waals surface area contributed by atoms with Crippen molar-refractivity contribution < 1.29 is 27.5 Å². The second-order valence-corrected chi connectivity index (χ2v) is 7.19. The van der Waals surface area contributed by atoms with Crippen LogP contribution in [0.3, 0.4) is 0 Å². The van der Waals surface area contributed by atoms with Gasteiger partial charge >= 0.3 is 6.18 Å². The molecule has 0 aliphatic carbocycles. The summed E-state index contributed by atoms with van der Waals surface area (Å²) in [7, 11) is 0. The Morgan fingerprint density at radius 3 is 2.88 bits per heavy atom. The number of ether oxygens (including phenoxy) is 1. The molecular weight excluding hydrogens is 357 g/mol. The standard InChI is InChI=1S/C16H17F3N2O3S/c17-16(18,19)9-3-4-12-11(6-9)21-15(23)13(25-12)7-14(22)20-8-10-2-1-5-24-10/h3-4,6,10,13H,1-2,5,7-8H2,(H,20,22)(H,21,23)/t10-,13+/m1/s1. The maximum Gasteiger partial charge on any atom is 0.416 e. The van der Waals surface area contributed by atoms with Gasteiger partial charge in [-0.25, -0.2) is 0 Å². The highest BCUT2D eigenvalue weighted by molar-refractivity contribution is 8.01. The molecule has 9 heteroatoms. The minimum Gasteiger partial charge on any atom is -0.376 e. The minimum atomic E-state index is -4.47. The van der Waals surface area contributed by atoms with Gasteiger partial charge in [0.05, 0.1) is 22.6 Å². The fourth-order valence-electron chi connectivity index (χ4n) is 2.73. The van der Waals surface area contributed by atoms with Crippen molar-refractivity contribution in [1.29, 1.82) is 0 Å². The maximum atomic E-state index is 12.7. The first-order valence-corrected chi connectivity index (χ1v) is 8.78. The number of benzene rings is 1. The third kappa shape index (κ3) is 4.46. The molecule has 0 spiro atoms. The predicted molar refractivity (Wildman–Crippen MR) is 86.3 cm³/mol. The molecule has 3 rings (SSSR count). The number of alkyl halides is 3. The summed E-state index contributed by atoms with van der Waals surface area (Å²) in [6.07, 6.45) is -2.63. The van der Waals surface area contributed by atoms with E-state index in [-0.39, 0.29) is 24.1 Å². The molecule has 25 heavy (non-hydrogen) atoms. The normalized spacial score (nSPS) is 23.1. The number of carbonyl (C=O) groups excluding carboxylic acids is 2. The highest BCUT2D eigenvalue weighted by Gasteiger charge is 2.34. The van der Waals surface area contributed by atoms with Crippen molar-refractivity contribution in [2.45, 2.75) is 41.7 Å². The molecule has 1 aromatic carbocycles. The van der Waals surface area contributed by atoms with Crippen molar-refractivity contribution in [3.63, 3.8) is 0 Å². The summed E-state index contributed by atoms with van der Waals surface area (Å²) < 4.78 is 43.6. The van der Waals surface area contributed by atoms with Crippen LogP contribution in [0.4, 0.5) is 18.9 Å². The van der Waals surface area contributed by atoms with Crippen molar-refractivity contribution in [3.8, 4) is 0 Å². The molecule has 2 amide bonds. The van der Waals surface area contributed by atoms with Crippen LogP contribution in [0.15, 0.2) is 23.1 Å². The van der Waals surface area contributed by atoms with Crippen LogP contribution >= 0.6 is 11.8 Å². The average Bonchev–Trinajstić information content (AvgIpc) is 3.06. The molecule has 0 radical (unpaired) electrons. The lowest BCUT2D eigenvalue weighted by Gasteiger charge is -2.24. The number of anilines is 1. The Hall–Kier alpha value is -1.74. The molecule has 0 aromatic heterocycles. The molecule has 5 nitrogen and oxygen atoms in total. The van der Waals surface area contributed by atoms with Gasteiger partial charge in [0.15, 0.2) is 0 Å². The van der Waals surface area contributed by atoms with E-state index in [0.717, 1.165) is 36.7 Å². The largest absolute Gasteiger partial charge is 0.416 e. The van der Waals surface area contributed by atoms with E-state index in [1.165, 1.54) is 6.07 Å². The number of hydrogen-bond donors (Lipinski definition) is 2. The van der Waals surface area contributed by atoms with Crippen molar-refractivity contribution in [2.75, 3.05) is 18.5 Å². The van der Waals surface area contributed by atoms with Gasteiger partial charge in [0.2, 0.25) is 11.8 Å². The van der Waals surface area contributed by atoms with Gasteiger partial charge in [0.1, 0.15) is 0 Å². The highest BCUT2D eigenvalue weighted by atomic mass is 32.2. The predicted octanol–water partition coefficient (Wildman–Crippen LogP) is 2.80. The lowest BCUT2D eigenvalue weighted by Crippen LogP contribution is -2.37. The molecule has 1 saturated heterocycles. The summed E-state index contributed by atoms with van der Waals surface area (Å²) in [4.78, 5) is 24.6. The quantitative estimate of drug-likeness (QED) is 0.851. The first kappa shape index (κ1) is 18.1. The van der Waals surface area contributed by atoms with Crippen LogP contribution in [0.2, 0.25) is 0 Å². The van der Waals surface area contributed by atoms with Crippen molar-refractivity contribution in [1.82, 2.24) is 5.32 Å². The summed E-state index contributed by atoms with van der Waals surface area (Å²) in [5, 5.41) is 4.53. The fraction of sp³-hybridized carbons (Fsp3) is 0.500. The number of fused-ring (bicyclic) bond motifs is 1. The Morgan fingerprint density at radius 1 is 1.40 bits per heavy atom. The van der Waals surface area contributed by atoms with Crippen LogP contribution in [0, 0.1) is 0 Å². The Morgan fingerprint density at radius 2 is 2.20 bits per heavy atom. The van der Waals surface area contributed by atoms with E-state index >= 15 is 0 Å². The maximum absolute atomic E-state index is 12.7. The monoisotopic (exact) mass is 374 g/mol. The highest BCUT2D eigenvalue weighted by Crippen LogP contribution is 2.40. The van der Waals surface area contributed by atoms with Gasteiger partial charge in [0, 0.05) is 24.5 Å². The zero-order valence-corrected chi connectivity index (χ0v) is 14.0. The zero-order chi connectivity index (χ0) is 18.0. The second-order valence-electron chi connectivity index (χ2n) is 5.95. The topological polar surface area (TPSA) is 67.4 Å². The van der Waals surface area contributed by atoms with E-state index in [0.29, 0.717) is 18.0 Å². The fourth-order valence-corrected chi connectivity index (χ4v) is 3.83. The van der Waals surface area contributed by atoms with Gasteiger partial charge < -0.3 is 15.4 Å². The molecule has 136 valence electrons. The van der Waals surface area contributed by atoms with Crippen LogP contribution in [-0.4, -0.2) is 36.3 Å². The van der Waals surface area contributed by atoms with Gasteiger partial charge in [-0.3, -0.25) is 9.59 Å². The lowest BCUT2D eigenvalue weighted by molar-refractivity contribution is -0.137. The van der Waals surface area contributed by atoms with Crippen LogP contribution in [0.5, 0.6) is 0 Å². The second kappa shape index (κ2) is 7.25. The molecule has 2 N–H and O–H groups in total. The summed E-state index contributed by atoms with van der Waals surface area (Å²) in [6, 6.07) is 3.20. The van der Waals surface area contributed by atoms with E-state index < -0.39 is 22.9 Å². The first-order valence-electron chi connectivity index (χ1n) is 7.90. The van der Waals surface area contributed by atoms with E-state index in [9.17, 15) is 22.8 Å². The molecule has 0 bridgehead atoms. The Labute approximate surface area is 146 Å². The van der Waals surface area contributed by atoms with Crippen LogP contribution in [0.1, 0.15) is 24.8 Å². The van der Waals surface area contributed by atoms with E-state index in [1.54, 1.807) is 0 Å². The summed E-state index contributed by atoms with van der Waals surface area (Å²) >= 11 is 1.10. The number of nitrogens with one attached hydrogen (secondary N) is 2. The summed E-state index contributed by atoms with van der Waals surface area (Å²) in [6.45, 7) is 1.10. The van der Waals surface area contributed by atoms with Gasteiger partial charge in [-0.05, 0) is 31.0 Å². The number of rotatable bonds is 4. The average molecular weight is 374 g/mol. The van der Waals surface area contributed by atoms with E-state index in [1.807, 2.05) is 0 Å². The van der Waals surface area contributed by atoms with Gasteiger partial charge in [-0.15, -0.1) is 11.8 Å². The number of amides is 2. The molecule has 2 atom stereocenters. The van der Waals surface area contributed by atoms with Gasteiger partial charge in [-0.2, -0.15) is 13.2 Å². The van der Waals surface area contributed by atoms with E-state index in [2.05, 4.69) is 10.6 Å². The molecule has 2 aliphatic heterocycles. The van der Waals surface area contributed by atoms with Crippen LogP contribution < -0.4 is 10.6 Å². The first-order chi connectivity index (χ1) is 11.8. The van der Waals surface area contributed by atoms with Gasteiger partial charge in [0.25, 0.3) is 0 Å². The zero-order valence-electron chi connectivity index (χ0n) is 13.2. The number of thioether (sulfide) groups is 1. The molecule has 2 aliphatic rings. The number of carbonyl (C=O) groups is 2. The summed E-state index contributed by atoms with van der Waals surface area (Å²) in [5.74, 6) is -0.748. The van der Waals surface area contributed by atoms with E-state index in [4.69, 9.17) is 4.74 Å². The molecule has 2 heterocycles. The Bertz CT molecular complexity index is 675. The third-order valence-corrected chi connectivity index (χ3v) is 5.32. The van der Waals surface area contributed by atoms with Gasteiger partial charge in [-0.1, -0.05) is 0 Å². The number of halogens is 3. The molecule has 1 aromatic rings. The Kier molecular flexibility index (Phi) is 5.24. The molecular formula is C16H17F3N2O3S. The molecule has 0 saturated carbocycles.